The number of hydrogen-bond donors (Lipinski definition) is 0. The molecule has 0 saturated carbocycles. The number of halogens is 1. The molecular formula is C29H27FN2O3. The van der Waals surface area contributed by atoms with E-state index in [1.807, 2.05) is 32.9 Å². The maximum absolute atomic E-state index is 13.6. The van der Waals surface area contributed by atoms with Gasteiger partial charge in [-0.2, -0.15) is 0 Å². The second kappa shape index (κ2) is 10.4. The van der Waals surface area contributed by atoms with Crippen molar-refractivity contribution in [3.05, 3.63) is 113 Å². The fourth-order valence-electron chi connectivity index (χ4n) is 3.99. The third-order valence-corrected chi connectivity index (χ3v) is 5.85. The van der Waals surface area contributed by atoms with E-state index in [1.165, 1.54) is 24.8 Å². The Kier molecular flexibility index (Phi) is 7.11. The first-order valence-electron chi connectivity index (χ1n) is 11.3. The van der Waals surface area contributed by atoms with Crippen molar-refractivity contribution in [3.8, 4) is 16.9 Å². The second-order valence-electron chi connectivity index (χ2n) is 8.35. The van der Waals surface area contributed by atoms with E-state index in [4.69, 9.17) is 9.57 Å². The van der Waals surface area contributed by atoms with E-state index in [2.05, 4.69) is 34.0 Å². The van der Waals surface area contributed by atoms with Crippen molar-refractivity contribution >= 4 is 11.7 Å². The van der Waals surface area contributed by atoms with Gasteiger partial charge in [-0.05, 0) is 86.5 Å². The molecule has 178 valence electrons. The van der Waals surface area contributed by atoms with E-state index in [0.717, 1.165) is 33.8 Å². The van der Waals surface area contributed by atoms with Crippen molar-refractivity contribution in [2.75, 3.05) is 7.11 Å². The van der Waals surface area contributed by atoms with Gasteiger partial charge in [-0.3, -0.25) is 0 Å². The largest absolute Gasteiger partial charge is 0.465 e. The molecule has 0 aliphatic rings. The van der Waals surface area contributed by atoms with Gasteiger partial charge in [0.05, 0.1) is 24.1 Å². The van der Waals surface area contributed by atoms with Crippen LogP contribution in [0.25, 0.3) is 16.9 Å². The minimum atomic E-state index is -0.395. The van der Waals surface area contributed by atoms with Gasteiger partial charge in [0.2, 0.25) is 0 Å². The minimum Gasteiger partial charge on any atom is -0.465 e. The van der Waals surface area contributed by atoms with Crippen LogP contribution in [0.5, 0.6) is 0 Å². The number of hydrogen-bond acceptors (Lipinski definition) is 4. The van der Waals surface area contributed by atoms with Crippen LogP contribution in [-0.4, -0.2) is 23.4 Å². The normalized spacial score (nSPS) is 11.4. The molecule has 0 aliphatic heterocycles. The van der Waals surface area contributed by atoms with Gasteiger partial charge in [-0.25, -0.2) is 9.18 Å². The molecule has 0 spiro atoms. The Morgan fingerprint density at radius 2 is 1.69 bits per heavy atom. The first-order valence-corrected chi connectivity index (χ1v) is 11.3. The molecule has 0 unspecified atom stereocenters. The molecule has 0 amide bonds. The maximum atomic E-state index is 13.6. The summed E-state index contributed by atoms with van der Waals surface area (Å²) in [7, 11) is 1.35. The van der Waals surface area contributed by atoms with Gasteiger partial charge in [0.15, 0.2) is 0 Å². The predicted molar refractivity (Wildman–Crippen MR) is 135 cm³/mol. The van der Waals surface area contributed by atoms with Crippen molar-refractivity contribution in [2.45, 2.75) is 27.4 Å². The van der Waals surface area contributed by atoms with Crippen molar-refractivity contribution in [2.24, 2.45) is 5.16 Å². The van der Waals surface area contributed by atoms with Crippen LogP contribution in [0.4, 0.5) is 4.39 Å². The van der Waals surface area contributed by atoms with Crippen LogP contribution >= 0.6 is 0 Å². The Balaban J connectivity index is 1.65. The molecule has 5 nitrogen and oxygen atoms in total. The van der Waals surface area contributed by atoms with Gasteiger partial charge >= 0.3 is 5.97 Å². The number of nitrogens with zero attached hydrogens (tertiary/aromatic N) is 2. The third-order valence-electron chi connectivity index (χ3n) is 5.85. The Labute approximate surface area is 204 Å². The van der Waals surface area contributed by atoms with E-state index in [-0.39, 0.29) is 12.4 Å². The predicted octanol–water partition coefficient (Wildman–Crippen LogP) is 6.63. The molecule has 35 heavy (non-hydrogen) atoms. The molecule has 0 fully saturated rings. The first-order chi connectivity index (χ1) is 16.9. The number of methoxy groups -OCH3 is 1. The quantitative estimate of drug-likeness (QED) is 0.173. The zero-order valence-electron chi connectivity index (χ0n) is 20.2. The van der Waals surface area contributed by atoms with Crippen molar-refractivity contribution in [1.29, 1.82) is 0 Å². The average Bonchev–Trinajstić information content (AvgIpc) is 3.21. The highest BCUT2D eigenvalue weighted by Crippen LogP contribution is 2.30. The monoisotopic (exact) mass is 470 g/mol. The van der Waals surface area contributed by atoms with Gasteiger partial charge in [-0.15, -0.1) is 0 Å². The van der Waals surface area contributed by atoms with Crippen LogP contribution in [0.1, 0.15) is 39.7 Å². The fourth-order valence-corrected chi connectivity index (χ4v) is 3.99. The van der Waals surface area contributed by atoms with Crippen LogP contribution in [0.15, 0.2) is 84.0 Å². The van der Waals surface area contributed by atoms with E-state index in [1.54, 1.807) is 30.3 Å². The molecule has 1 aromatic heterocycles. The Bertz CT molecular complexity index is 1370. The van der Waals surface area contributed by atoms with Gasteiger partial charge in [0, 0.05) is 16.9 Å². The Hall–Kier alpha value is -4.19. The number of carbonyl (C=O) groups is 1. The summed E-state index contributed by atoms with van der Waals surface area (Å²) in [6.07, 6.45) is 0. The van der Waals surface area contributed by atoms with Crippen LogP contribution in [0.2, 0.25) is 0 Å². The maximum Gasteiger partial charge on any atom is 0.337 e. The number of benzene rings is 3. The number of rotatable bonds is 7. The van der Waals surface area contributed by atoms with E-state index in [0.29, 0.717) is 11.3 Å². The highest BCUT2D eigenvalue weighted by molar-refractivity contribution is 6.01. The summed E-state index contributed by atoms with van der Waals surface area (Å²) in [6.45, 7) is 6.18. The molecule has 0 radical (unpaired) electrons. The summed E-state index contributed by atoms with van der Waals surface area (Å²) in [5.41, 5.74) is 7.90. The summed E-state index contributed by atoms with van der Waals surface area (Å²) in [4.78, 5) is 17.4. The number of aryl methyl sites for hydroxylation is 1. The summed E-state index contributed by atoms with van der Waals surface area (Å²) in [5, 5.41) is 4.34. The third kappa shape index (κ3) is 5.32. The van der Waals surface area contributed by atoms with Crippen molar-refractivity contribution in [3.63, 3.8) is 0 Å². The zero-order chi connectivity index (χ0) is 24.9. The van der Waals surface area contributed by atoms with Crippen LogP contribution in [0.3, 0.4) is 0 Å². The van der Waals surface area contributed by atoms with Crippen LogP contribution in [-0.2, 0) is 16.2 Å². The lowest BCUT2D eigenvalue weighted by Crippen LogP contribution is -2.03. The molecule has 0 aliphatic carbocycles. The second-order valence-corrected chi connectivity index (χ2v) is 8.35. The molecule has 3 aromatic carbocycles. The smallest absolute Gasteiger partial charge is 0.337 e. The molecule has 4 rings (SSSR count). The molecule has 0 atom stereocenters. The van der Waals surface area contributed by atoms with Gasteiger partial charge < -0.3 is 14.1 Å². The molecule has 0 bridgehead atoms. The Morgan fingerprint density at radius 1 is 0.971 bits per heavy atom. The summed E-state index contributed by atoms with van der Waals surface area (Å²) < 4.78 is 20.5. The lowest BCUT2D eigenvalue weighted by atomic mass is 10.1. The first kappa shape index (κ1) is 24.0. The number of carbonyl (C=O) groups excluding carboxylic acids is 1. The van der Waals surface area contributed by atoms with Crippen LogP contribution in [0, 0.1) is 19.7 Å². The minimum absolute atomic E-state index is 0.213. The van der Waals surface area contributed by atoms with Crippen molar-refractivity contribution in [1.82, 2.24) is 4.57 Å². The van der Waals surface area contributed by atoms with Gasteiger partial charge in [0.25, 0.3) is 0 Å². The highest BCUT2D eigenvalue weighted by atomic mass is 19.1. The molecule has 0 N–H and O–H groups in total. The van der Waals surface area contributed by atoms with Gasteiger partial charge in [0.1, 0.15) is 12.4 Å². The SMILES string of the molecule is COC(=O)c1cccc(CON=C(C)c2cc(-c3ccc(F)cc3)n(-c3ccc(C)cc3)c2C)c1. The lowest BCUT2D eigenvalue weighted by molar-refractivity contribution is 0.0600. The van der Waals surface area contributed by atoms with Gasteiger partial charge in [-0.1, -0.05) is 35.0 Å². The van der Waals surface area contributed by atoms with E-state index >= 15 is 0 Å². The topological polar surface area (TPSA) is 52.8 Å². The number of esters is 1. The zero-order valence-corrected chi connectivity index (χ0v) is 20.2. The molecule has 4 aromatic rings. The standard InChI is InChI=1S/C29H27FN2O3/c1-19-8-14-26(15-9-19)32-21(3)27(17-28(32)23-10-12-25(30)13-11-23)20(2)31-35-18-22-6-5-7-24(16-22)29(33)34-4/h5-17H,18H2,1-4H3. The average molecular weight is 471 g/mol. The molecular weight excluding hydrogens is 443 g/mol. The van der Waals surface area contributed by atoms with E-state index < -0.39 is 5.97 Å². The number of oxime groups is 1. The summed E-state index contributed by atoms with van der Waals surface area (Å²) >= 11 is 0. The van der Waals surface area contributed by atoms with Crippen LogP contribution < -0.4 is 0 Å². The summed E-state index contributed by atoms with van der Waals surface area (Å²) in [6, 6.07) is 23.8. The van der Waals surface area contributed by atoms with Crippen molar-refractivity contribution < 1.29 is 18.8 Å². The fraction of sp³-hybridized carbons (Fsp3) is 0.172. The molecule has 0 saturated heterocycles. The lowest BCUT2D eigenvalue weighted by Gasteiger charge is -2.13. The Morgan fingerprint density at radius 3 is 2.37 bits per heavy atom. The molecule has 6 heteroatoms. The summed E-state index contributed by atoms with van der Waals surface area (Å²) in [5.74, 6) is -0.672. The number of ether oxygens (including phenoxy) is 1. The number of aromatic nitrogens is 1. The van der Waals surface area contributed by atoms with E-state index in [9.17, 15) is 9.18 Å². The highest BCUT2D eigenvalue weighted by Gasteiger charge is 2.17. The molecule has 1 heterocycles.